The Morgan fingerprint density at radius 1 is 1.19 bits per heavy atom. The summed E-state index contributed by atoms with van der Waals surface area (Å²) in [6, 6.07) is 6.19. The van der Waals surface area contributed by atoms with Gasteiger partial charge in [-0.1, -0.05) is 19.8 Å². The normalized spacial score (nSPS) is 20.5. The third-order valence-corrected chi connectivity index (χ3v) is 6.00. The van der Waals surface area contributed by atoms with Crippen molar-refractivity contribution in [1.82, 2.24) is 24.1 Å². The molecule has 0 radical (unpaired) electrons. The molecule has 4 aromatic heterocycles. The summed E-state index contributed by atoms with van der Waals surface area (Å²) in [6.07, 6.45) is 11.9. The molecule has 0 amide bonds. The molecule has 0 unspecified atom stereocenters. The highest BCUT2D eigenvalue weighted by atomic mass is 16.1. The summed E-state index contributed by atoms with van der Waals surface area (Å²) in [5.74, 6) is 0.499. The molecule has 2 atom stereocenters. The molecule has 1 aliphatic rings. The minimum atomic E-state index is 0.0658. The van der Waals surface area contributed by atoms with Gasteiger partial charge in [-0.3, -0.25) is 14.1 Å². The van der Waals surface area contributed by atoms with Crippen LogP contribution in [0.3, 0.4) is 0 Å². The standard InChI is InChI=1S/C21H23N5O/c1-14-4-2-3-5-17(14)26-19-16-8-11-23-20(16)24-12-18(19)25(21(26)27)13-15-6-9-22-10-7-15/h6-12,14,17H,2-5,13H2,1H3,(H,23,24)/t14-,17+/m1/s1. The van der Waals surface area contributed by atoms with Gasteiger partial charge < -0.3 is 4.98 Å². The summed E-state index contributed by atoms with van der Waals surface area (Å²) < 4.78 is 3.92. The fourth-order valence-electron chi connectivity index (χ4n) is 4.57. The van der Waals surface area contributed by atoms with Crippen LogP contribution >= 0.6 is 0 Å². The number of fused-ring (bicyclic) bond motifs is 3. The Morgan fingerprint density at radius 2 is 2.00 bits per heavy atom. The average molecular weight is 361 g/mol. The van der Waals surface area contributed by atoms with E-state index >= 15 is 0 Å². The van der Waals surface area contributed by atoms with E-state index in [0.29, 0.717) is 12.5 Å². The van der Waals surface area contributed by atoms with Gasteiger partial charge in [0.1, 0.15) is 5.65 Å². The van der Waals surface area contributed by atoms with Crippen molar-refractivity contribution in [3.63, 3.8) is 0 Å². The number of pyridine rings is 2. The van der Waals surface area contributed by atoms with E-state index in [-0.39, 0.29) is 11.7 Å². The number of aromatic amines is 1. The predicted octanol–water partition coefficient (Wildman–Crippen LogP) is 3.87. The fourth-order valence-corrected chi connectivity index (χ4v) is 4.57. The van der Waals surface area contributed by atoms with Crippen molar-refractivity contribution in [3.05, 3.63) is 59.0 Å². The van der Waals surface area contributed by atoms with Gasteiger partial charge in [0.2, 0.25) is 0 Å². The van der Waals surface area contributed by atoms with Gasteiger partial charge in [0, 0.05) is 30.0 Å². The summed E-state index contributed by atoms with van der Waals surface area (Å²) in [6.45, 7) is 2.81. The number of H-pyrrole nitrogens is 1. The van der Waals surface area contributed by atoms with Gasteiger partial charge in [0.15, 0.2) is 0 Å². The molecule has 1 fully saturated rings. The van der Waals surface area contributed by atoms with Gasteiger partial charge in [0.05, 0.1) is 23.8 Å². The minimum absolute atomic E-state index is 0.0658. The van der Waals surface area contributed by atoms with E-state index in [9.17, 15) is 4.79 Å². The van der Waals surface area contributed by atoms with E-state index < -0.39 is 0 Å². The SMILES string of the molecule is C[C@@H]1CCCC[C@@H]1n1c(=O)n(Cc2ccncc2)c2cnc3[nH]ccc3c21. The van der Waals surface area contributed by atoms with Crippen molar-refractivity contribution in [2.75, 3.05) is 0 Å². The molecule has 6 nitrogen and oxygen atoms in total. The molecule has 138 valence electrons. The second-order valence-electron chi connectivity index (χ2n) is 7.66. The molecule has 4 aromatic rings. The first-order valence-electron chi connectivity index (χ1n) is 9.70. The Hall–Kier alpha value is -2.89. The molecule has 1 N–H and O–H groups in total. The monoisotopic (exact) mass is 361 g/mol. The van der Waals surface area contributed by atoms with Gasteiger partial charge in [0.25, 0.3) is 0 Å². The highest BCUT2D eigenvalue weighted by Gasteiger charge is 2.28. The molecular weight excluding hydrogens is 338 g/mol. The number of aromatic nitrogens is 5. The van der Waals surface area contributed by atoms with Gasteiger partial charge >= 0.3 is 5.69 Å². The molecule has 6 heteroatoms. The number of imidazole rings is 1. The Kier molecular flexibility index (Phi) is 3.85. The molecular formula is C21H23N5O. The Bertz CT molecular complexity index is 1150. The molecule has 27 heavy (non-hydrogen) atoms. The molecule has 0 saturated heterocycles. The van der Waals surface area contributed by atoms with Crippen LogP contribution in [0.1, 0.15) is 44.2 Å². The zero-order valence-corrected chi connectivity index (χ0v) is 15.4. The van der Waals surface area contributed by atoms with Crippen molar-refractivity contribution in [3.8, 4) is 0 Å². The smallest absolute Gasteiger partial charge is 0.329 e. The maximum absolute atomic E-state index is 13.6. The van der Waals surface area contributed by atoms with Crippen LogP contribution in [0.15, 0.2) is 47.8 Å². The molecule has 0 bridgehead atoms. The van der Waals surface area contributed by atoms with E-state index in [1.165, 1.54) is 19.3 Å². The van der Waals surface area contributed by atoms with Crippen molar-refractivity contribution in [2.24, 2.45) is 5.92 Å². The lowest BCUT2D eigenvalue weighted by atomic mass is 9.85. The van der Waals surface area contributed by atoms with E-state index in [1.54, 1.807) is 12.4 Å². The second-order valence-corrected chi connectivity index (χ2v) is 7.66. The van der Waals surface area contributed by atoms with Gasteiger partial charge in [-0.25, -0.2) is 9.78 Å². The molecule has 5 rings (SSSR count). The van der Waals surface area contributed by atoms with E-state index in [4.69, 9.17) is 0 Å². The third kappa shape index (κ3) is 2.59. The predicted molar refractivity (Wildman–Crippen MR) is 106 cm³/mol. The number of hydrogen-bond acceptors (Lipinski definition) is 3. The summed E-state index contributed by atoms with van der Waals surface area (Å²) in [5, 5.41) is 1.02. The van der Waals surface area contributed by atoms with Crippen LogP contribution in [0, 0.1) is 5.92 Å². The Labute approximate surface area is 156 Å². The molecule has 4 heterocycles. The summed E-state index contributed by atoms with van der Waals surface area (Å²) in [7, 11) is 0. The van der Waals surface area contributed by atoms with E-state index in [1.807, 2.05) is 35.2 Å². The Morgan fingerprint density at radius 3 is 2.81 bits per heavy atom. The summed E-state index contributed by atoms with van der Waals surface area (Å²) >= 11 is 0. The minimum Gasteiger partial charge on any atom is -0.346 e. The average Bonchev–Trinajstić information content (AvgIpc) is 3.27. The first kappa shape index (κ1) is 16.3. The zero-order valence-electron chi connectivity index (χ0n) is 15.4. The largest absolute Gasteiger partial charge is 0.346 e. The molecule has 0 aliphatic heterocycles. The van der Waals surface area contributed by atoms with Crippen LogP contribution in [0.2, 0.25) is 0 Å². The fraction of sp³-hybridized carbons (Fsp3) is 0.381. The number of hydrogen-bond donors (Lipinski definition) is 1. The summed E-state index contributed by atoms with van der Waals surface area (Å²) in [4.78, 5) is 25.4. The van der Waals surface area contributed by atoms with E-state index in [2.05, 4.69) is 26.4 Å². The highest BCUT2D eigenvalue weighted by Crippen LogP contribution is 2.36. The lowest BCUT2D eigenvalue weighted by Crippen LogP contribution is -2.32. The number of nitrogens with one attached hydrogen (secondary N) is 1. The first-order valence-corrected chi connectivity index (χ1v) is 9.70. The Balaban J connectivity index is 1.78. The van der Waals surface area contributed by atoms with Crippen LogP contribution < -0.4 is 5.69 Å². The lowest BCUT2D eigenvalue weighted by Gasteiger charge is -2.29. The summed E-state index contributed by atoms with van der Waals surface area (Å²) in [5.41, 5.74) is 3.88. The molecule has 1 saturated carbocycles. The number of nitrogens with zero attached hydrogens (tertiary/aromatic N) is 4. The van der Waals surface area contributed by atoms with Gasteiger partial charge in [-0.2, -0.15) is 0 Å². The van der Waals surface area contributed by atoms with Crippen LogP contribution in [0.4, 0.5) is 0 Å². The maximum Gasteiger partial charge on any atom is 0.329 e. The second kappa shape index (κ2) is 6.37. The first-order chi connectivity index (χ1) is 13.2. The van der Waals surface area contributed by atoms with Gasteiger partial charge in [-0.15, -0.1) is 0 Å². The third-order valence-electron chi connectivity index (χ3n) is 6.00. The zero-order chi connectivity index (χ0) is 18.4. The van der Waals surface area contributed by atoms with Gasteiger partial charge in [-0.05, 0) is 42.5 Å². The molecule has 1 aliphatic carbocycles. The topological polar surface area (TPSA) is 68.5 Å². The number of rotatable bonds is 3. The van der Waals surface area contributed by atoms with Crippen LogP contribution in [0.25, 0.3) is 22.1 Å². The molecule has 0 aromatic carbocycles. The van der Waals surface area contributed by atoms with Crippen molar-refractivity contribution in [1.29, 1.82) is 0 Å². The van der Waals surface area contributed by atoms with Crippen molar-refractivity contribution >= 4 is 22.1 Å². The quantitative estimate of drug-likeness (QED) is 0.602. The van der Waals surface area contributed by atoms with Crippen LogP contribution in [-0.2, 0) is 6.54 Å². The van der Waals surface area contributed by atoms with Crippen molar-refractivity contribution in [2.45, 2.75) is 45.2 Å². The highest BCUT2D eigenvalue weighted by molar-refractivity contribution is 6.01. The van der Waals surface area contributed by atoms with E-state index in [0.717, 1.165) is 34.1 Å². The lowest BCUT2D eigenvalue weighted by molar-refractivity contribution is 0.256. The van der Waals surface area contributed by atoms with Crippen LogP contribution in [0.5, 0.6) is 0 Å². The van der Waals surface area contributed by atoms with Crippen molar-refractivity contribution < 1.29 is 0 Å². The maximum atomic E-state index is 13.6. The van der Waals surface area contributed by atoms with Crippen LogP contribution in [-0.4, -0.2) is 24.1 Å². The molecule has 0 spiro atoms.